The molecule has 0 spiro atoms. The summed E-state index contributed by atoms with van der Waals surface area (Å²) in [5.41, 5.74) is 3.10. The lowest BCUT2D eigenvalue weighted by Crippen LogP contribution is -2.37. The largest absolute Gasteiger partial charge is 0.490 e. The van der Waals surface area contributed by atoms with Crippen LogP contribution in [0.3, 0.4) is 0 Å². The van der Waals surface area contributed by atoms with E-state index in [0.717, 1.165) is 102 Å². The van der Waals surface area contributed by atoms with Gasteiger partial charge in [0.1, 0.15) is 71.8 Å². The number of benzene rings is 6. The Kier molecular flexibility index (Phi) is 20.1. The van der Waals surface area contributed by atoms with Crippen LogP contribution < -0.4 is 4.74 Å². The van der Waals surface area contributed by atoms with Crippen LogP contribution in [0.25, 0.3) is 11.0 Å². The topological polar surface area (TPSA) is 142 Å². The van der Waals surface area contributed by atoms with E-state index >= 15 is 0 Å². The van der Waals surface area contributed by atoms with Gasteiger partial charge in [-0.15, -0.1) is 0 Å². The van der Waals surface area contributed by atoms with Crippen molar-refractivity contribution >= 4 is 73.5 Å². The van der Waals surface area contributed by atoms with Gasteiger partial charge < -0.3 is 23.7 Å². The number of carbonyl (C=O) groups is 1. The lowest BCUT2D eigenvalue weighted by Gasteiger charge is -2.37. The Labute approximate surface area is 484 Å². The molecule has 0 atom stereocenters. The number of aliphatic hydroxyl groups is 1. The molecule has 18 heteroatoms. The summed E-state index contributed by atoms with van der Waals surface area (Å²) in [6.45, 7) is 9.87. The summed E-state index contributed by atoms with van der Waals surface area (Å²) in [7, 11) is 0. The Bertz CT molecular complexity index is 3370. The fourth-order valence-corrected chi connectivity index (χ4v) is 11.7. The average molecular weight is 1300 g/mol. The third-order valence-electron chi connectivity index (χ3n) is 13.2. The summed E-state index contributed by atoms with van der Waals surface area (Å²) in [4.78, 5) is 27.8. The highest BCUT2D eigenvalue weighted by Crippen LogP contribution is 2.43. The first kappa shape index (κ1) is 57.5. The summed E-state index contributed by atoms with van der Waals surface area (Å²) in [5, 5.41) is 20.4. The van der Waals surface area contributed by atoms with E-state index < -0.39 is 22.8 Å². The zero-order chi connectivity index (χ0) is 55.1. The number of ketones is 1. The summed E-state index contributed by atoms with van der Waals surface area (Å²) >= 11 is 11.2. The number of fused-ring (bicyclic) bond motifs is 1. The zero-order valence-corrected chi connectivity index (χ0v) is 48.3. The molecule has 0 aliphatic carbocycles. The molecule has 10 aromatic rings. The molecule has 13 nitrogen and oxygen atoms in total. The van der Waals surface area contributed by atoms with Crippen molar-refractivity contribution in [2.75, 3.05) is 26.2 Å². The zero-order valence-electron chi connectivity index (χ0n) is 43.3. The van der Waals surface area contributed by atoms with Crippen molar-refractivity contribution in [3.63, 3.8) is 0 Å². The van der Waals surface area contributed by atoms with E-state index in [1.807, 2.05) is 79.3 Å². The number of carbonyl (C=O) groups excluding carboxylic acids is 1. The van der Waals surface area contributed by atoms with E-state index in [1.54, 1.807) is 6.20 Å². The Morgan fingerprint density at radius 3 is 1.90 bits per heavy atom. The van der Waals surface area contributed by atoms with Crippen molar-refractivity contribution in [3.05, 3.63) is 246 Å². The van der Waals surface area contributed by atoms with Crippen molar-refractivity contribution in [3.8, 4) is 5.75 Å². The molecule has 10 rings (SSSR count). The van der Waals surface area contributed by atoms with E-state index in [1.165, 1.54) is 40.7 Å². The minimum Gasteiger partial charge on any atom is -0.490 e. The number of furan rings is 1. The molecule has 4 heterocycles. The number of likely N-dealkylation sites (N-methyl/N-ethyl adjacent to an activating group) is 1. The fourth-order valence-electron chi connectivity index (χ4n) is 9.39. The highest BCUT2D eigenvalue weighted by atomic mass is 127. The Hall–Kier alpha value is -6.65. The summed E-state index contributed by atoms with van der Waals surface area (Å²) in [5.74, 6) is 0.0974. The van der Waals surface area contributed by atoms with Crippen molar-refractivity contribution in [2.24, 2.45) is 0 Å². The predicted octanol–water partition coefficient (Wildman–Crippen LogP) is 13.0. The molecule has 0 bridgehead atoms. The summed E-state index contributed by atoms with van der Waals surface area (Å²) in [6.07, 6.45) is 13.9. The van der Waals surface area contributed by atoms with Gasteiger partial charge in [0.05, 0.1) is 32.1 Å². The van der Waals surface area contributed by atoms with Gasteiger partial charge in [-0.05, 0) is 106 Å². The van der Waals surface area contributed by atoms with Crippen molar-refractivity contribution < 1.29 is 27.8 Å². The van der Waals surface area contributed by atoms with E-state index in [2.05, 4.69) is 155 Å². The third kappa shape index (κ3) is 13.4. The normalized spacial score (nSPS) is 11.5. The smallest absolute Gasteiger partial charge is 0.197 e. The molecule has 0 fully saturated rings. The number of imidazole rings is 1. The van der Waals surface area contributed by atoms with Gasteiger partial charge >= 0.3 is 0 Å². The van der Waals surface area contributed by atoms with Crippen LogP contribution in [0.5, 0.6) is 5.75 Å². The van der Waals surface area contributed by atoms with Crippen LogP contribution in [0.1, 0.15) is 77.5 Å². The molecule has 6 aromatic carbocycles. The van der Waals surface area contributed by atoms with Gasteiger partial charge in [0, 0.05) is 58.5 Å². The molecule has 0 saturated heterocycles. The summed E-state index contributed by atoms with van der Waals surface area (Å²) < 4.78 is 46.1. The maximum atomic E-state index is 14.1. The number of aryl methyl sites for hydroxylation is 1. The third-order valence-corrected chi connectivity index (χ3v) is 15.1. The average Bonchev–Trinajstić information content (AvgIpc) is 4.32. The number of para-hydroxylation sites is 1. The van der Waals surface area contributed by atoms with Gasteiger partial charge in [0.15, 0.2) is 5.78 Å². The van der Waals surface area contributed by atoms with E-state index in [0.29, 0.717) is 17.7 Å². The van der Waals surface area contributed by atoms with Gasteiger partial charge in [-0.1, -0.05) is 142 Å². The minimum atomic E-state index is -1.70. The van der Waals surface area contributed by atoms with Crippen molar-refractivity contribution in [1.82, 2.24) is 44.0 Å². The first-order valence-electron chi connectivity index (χ1n) is 25.5. The number of unbranched alkanes of at least 4 members (excludes halogenated alkanes) is 1. The summed E-state index contributed by atoms with van der Waals surface area (Å²) in [6, 6.07) is 43.5. The highest BCUT2D eigenvalue weighted by molar-refractivity contribution is 14.1. The van der Waals surface area contributed by atoms with Crippen LogP contribution >= 0.6 is 56.8 Å². The van der Waals surface area contributed by atoms with Crippen LogP contribution in [0.2, 0.25) is 5.02 Å². The molecule has 0 radical (unpaired) electrons. The molecular formula is C60H58ClF2I2N9O4. The number of hydrogen-bond donors (Lipinski definition) is 1. The van der Waals surface area contributed by atoms with E-state index in [4.69, 9.17) is 20.8 Å². The standard InChI is InChI=1S/C25H29I2NO3.C22H17ClN2.C13H12F2N6O/c1-4-7-11-22-23(18-10-8-9-12-21(18)31-22)24(29)17-15-19(26)25(20(27)16-17)30-14-13-28(5-2)6-3;23-21-14-8-7-13-20(21)22(25-16-15-24-17-25,18-9-3-1-4-10-18)19-11-5-2-6-12-19;14-10-1-2-11(12(15)3-10)13(22,4-20-8-16-6-18-20)5-21-9-17-7-19-21/h8-10,12,15-16H,4-7,11,13-14H2,1-3H3;1-17H;1-3,6-9,22H,4-5H2. The predicted molar refractivity (Wildman–Crippen MR) is 316 cm³/mol. The molecule has 402 valence electrons. The van der Waals surface area contributed by atoms with Gasteiger partial charge in [0.25, 0.3) is 0 Å². The number of hydrogen-bond acceptors (Lipinski definition) is 10. The van der Waals surface area contributed by atoms with Gasteiger partial charge in [-0.3, -0.25) is 4.79 Å². The van der Waals surface area contributed by atoms with Crippen molar-refractivity contribution in [2.45, 2.75) is 64.3 Å². The van der Waals surface area contributed by atoms with Gasteiger partial charge in [0.2, 0.25) is 0 Å². The van der Waals surface area contributed by atoms with Crippen molar-refractivity contribution in [1.29, 1.82) is 0 Å². The second-order valence-corrected chi connectivity index (χ2v) is 20.9. The SMILES string of the molecule is CCCCc1oc2ccccc2c1C(=O)c1cc(I)c(OCCN(CC)CC)c(I)c1.Clc1ccccc1C(c1ccccc1)(c1ccccc1)n1ccnc1.OC(Cn1cncn1)(Cn1cncn1)c1ccc(F)cc1F. The molecule has 0 aliphatic rings. The second-order valence-electron chi connectivity index (χ2n) is 18.2. The first-order valence-corrected chi connectivity index (χ1v) is 28.0. The molecule has 0 aliphatic heterocycles. The minimum absolute atomic E-state index is 0.0153. The molecular weight excluding hydrogens is 1240 g/mol. The lowest BCUT2D eigenvalue weighted by atomic mass is 9.76. The highest BCUT2D eigenvalue weighted by Gasteiger charge is 2.40. The van der Waals surface area contributed by atoms with Gasteiger partial charge in [-0.25, -0.2) is 33.1 Å². The van der Waals surface area contributed by atoms with E-state index in [9.17, 15) is 18.7 Å². The number of nitrogens with zero attached hydrogens (tertiary/aromatic N) is 9. The molecule has 0 amide bonds. The number of ether oxygens (including phenoxy) is 1. The first-order chi connectivity index (χ1) is 37.9. The maximum Gasteiger partial charge on any atom is 0.197 e. The van der Waals surface area contributed by atoms with Crippen LogP contribution in [0.4, 0.5) is 8.78 Å². The van der Waals surface area contributed by atoms with E-state index in [-0.39, 0.29) is 24.4 Å². The number of aromatic nitrogens is 8. The lowest BCUT2D eigenvalue weighted by molar-refractivity contribution is -0.00856. The Morgan fingerprint density at radius 2 is 1.35 bits per heavy atom. The maximum absolute atomic E-state index is 14.1. The molecule has 78 heavy (non-hydrogen) atoms. The molecule has 0 saturated carbocycles. The van der Waals surface area contributed by atoms with Crippen LogP contribution in [0, 0.1) is 18.8 Å². The Morgan fingerprint density at radius 1 is 0.744 bits per heavy atom. The van der Waals surface area contributed by atoms with Crippen LogP contribution in [-0.4, -0.2) is 81.1 Å². The number of halogens is 5. The molecule has 4 aromatic heterocycles. The molecule has 1 N–H and O–H groups in total. The molecule has 0 unspecified atom stereocenters. The quantitative estimate of drug-likeness (QED) is 0.0445. The van der Waals surface area contributed by atoms with Crippen LogP contribution in [-0.2, 0) is 30.7 Å². The monoisotopic (exact) mass is 1300 g/mol. The number of rotatable bonds is 20. The van der Waals surface area contributed by atoms with Crippen LogP contribution in [0.15, 0.2) is 188 Å². The second kappa shape index (κ2) is 27.3. The fraction of sp³-hybridized carbons (Fsp3) is 0.233. The van der Waals surface area contributed by atoms with Gasteiger partial charge in [-0.2, -0.15) is 10.2 Å². The Balaban J connectivity index is 0.000000157.